The molecule has 0 spiro atoms. The van der Waals surface area contributed by atoms with E-state index in [2.05, 4.69) is 0 Å². The van der Waals surface area contributed by atoms with E-state index in [-0.39, 0.29) is 17.0 Å². The van der Waals surface area contributed by atoms with Crippen LogP contribution in [0.25, 0.3) is 0 Å². The highest BCUT2D eigenvalue weighted by Gasteiger charge is 2.39. The molecule has 1 saturated carbocycles. The van der Waals surface area contributed by atoms with E-state index in [1.165, 1.54) is 19.1 Å². The van der Waals surface area contributed by atoms with Gasteiger partial charge in [0.05, 0.1) is 11.5 Å². The number of hydrogen-bond acceptors (Lipinski definition) is 1. The van der Waals surface area contributed by atoms with Gasteiger partial charge in [0, 0.05) is 0 Å². The average Bonchev–Trinajstić information content (AvgIpc) is 3.02. The second-order valence-electron chi connectivity index (χ2n) is 4.73. The van der Waals surface area contributed by atoms with E-state index in [1.807, 2.05) is 0 Å². The van der Waals surface area contributed by atoms with Crippen molar-refractivity contribution in [3.8, 4) is 0 Å². The smallest absolute Gasteiger partial charge is 0.416 e. The van der Waals surface area contributed by atoms with Crippen LogP contribution < -0.4 is 0 Å². The van der Waals surface area contributed by atoms with Crippen LogP contribution in [0.3, 0.4) is 0 Å². The molecule has 0 saturated heterocycles. The highest BCUT2D eigenvalue weighted by Crippen LogP contribution is 2.44. The first-order valence-electron chi connectivity index (χ1n) is 5.71. The van der Waals surface area contributed by atoms with Crippen molar-refractivity contribution < 1.29 is 23.1 Å². The zero-order valence-corrected chi connectivity index (χ0v) is 9.79. The molecule has 1 aliphatic carbocycles. The minimum atomic E-state index is -4.44. The van der Waals surface area contributed by atoms with E-state index in [4.69, 9.17) is 5.11 Å². The van der Waals surface area contributed by atoms with Crippen LogP contribution in [0.2, 0.25) is 0 Å². The third-order valence-corrected chi connectivity index (χ3v) is 3.29. The summed E-state index contributed by atoms with van der Waals surface area (Å²) in [4.78, 5) is 11.1. The maximum absolute atomic E-state index is 12.8. The fraction of sp³-hybridized carbons (Fsp3) is 0.462. The summed E-state index contributed by atoms with van der Waals surface area (Å²) in [5.74, 6) is -1.88. The van der Waals surface area contributed by atoms with Crippen LogP contribution in [0.1, 0.15) is 35.4 Å². The molecule has 1 aromatic rings. The first-order chi connectivity index (χ1) is 8.30. The van der Waals surface area contributed by atoms with Crippen molar-refractivity contribution >= 4 is 5.97 Å². The average molecular weight is 258 g/mol. The van der Waals surface area contributed by atoms with Crippen molar-refractivity contribution in [2.45, 2.75) is 31.9 Å². The molecule has 2 nitrogen and oxygen atoms in total. The summed E-state index contributed by atoms with van der Waals surface area (Å²) in [5, 5.41) is 9.12. The molecule has 2 rings (SSSR count). The lowest BCUT2D eigenvalue weighted by molar-refractivity contribution is -0.140. The fourth-order valence-electron chi connectivity index (χ4n) is 2.18. The highest BCUT2D eigenvalue weighted by molar-refractivity contribution is 5.77. The molecule has 1 N–H and O–H groups in total. The number of alkyl halides is 3. The number of benzene rings is 1. The molecule has 5 heteroatoms. The molecule has 18 heavy (non-hydrogen) atoms. The van der Waals surface area contributed by atoms with Gasteiger partial charge in [-0.3, -0.25) is 4.79 Å². The van der Waals surface area contributed by atoms with Gasteiger partial charge in [-0.05, 0) is 42.9 Å². The van der Waals surface area contributed by atoms with Crippen molar-refractivity contribution in [2.75, 3.05) is 0 Å². The predicted octanol–water partition coefficient (Wildman–Crippen LogP) is 3.59. The Morgan fingerprint density at radius 2 is 2.00 bits per heavy atom. The van der Waals surface area contributed by atoms with Gasteiger partial charge < -0.3 is 5.11 Å². The summed E-state index contributed by atoms with van der Waals surface area (Å²) >= 11 is 0. The molecule has 1 aliphatic rings. The maximum atomic E-state index is 12.8. The summed E-state index contributed by atoms with van der Waals surface area (Å²) in [5.41, 5.74) is -0.374. The van der Waals surface area contributed by atoms with Crippen LogP contribution in [-0.2, 0) is 11.0 Å². The van der Waals surface area contributed by atoms with Crippen LogP contribution in [0.15, 0.2) is 18.2 Å². The summed E-state index contributed by atoms with van der Waals surface area (Å²) in [6, 6.07) is 3.81. The number of aliphatic carboxylic acids is 1. The lowest BCUT2D eigenvalue weighted by Crippen LogP contribution is -2.16. The largest absolute Gasteiger partial charge is 0.481 e. The topological polar surface area (TPSA) is 37.3 Å². The summed E-state index contributed by atoms with van der Waals surface area (Å²) in [7, 11) is 0. The number of aryl methyl sites for hydroxylation is 1. The standard InChI is InChI=1S/C13H13F3O2/c1-7-2-3-9(6-10(7)13(14,15)16)11(12(17)18)8-4-5-8/h2-3,6,8,11H,4-5H2,1H3,(H,17,18). The molecule has 0 radical (unpaired) electrons. The second-order valence-corrected chi connectivity index (χ2v) is 4.73. The number of hydrogen-bond donors (Lipinski definition) is 1. The van der Waals surface area contributed by atoms with Gasteiger partial charge in [-0.25, -0.2) is 0 Å². The van der Waals surface area contributed by atoms with E-state index >= 15 is 0 Å². The van der Waals surface area contributed by atoms with Gasteiger partial charge in [0.1, 0.15) is 0 Å². The number of carboxylic acids is 1. The van der Waals surface area contributed by atoms with E-state index in [0.29, 0.717) is 0 Å². The van der Waals surface area contributed by atoms with Crippen LogP contribution in [0, 0.1) is 12.8 Å². The molecule has 1 unspecified atom stereocenters. The number of halogens is 3. The molecular formula is C13H13F3O2. The third kappa shape index (κ3) is 2.49. The van der Waals surface area contributed by atoms with Crippen molar-refractivity contribution in [3.63, 3.8) is 0 Å². The van der Waals surface area contributed by atoms with Crippen molar-refractivity contribution in [2.24, 2.45) is 5.92 Å². The van der Waals surface area contributed by atoms with E-state index in [1.54, 1.807) is 0 Å². The van der Waals surface area contributed by atoms with Crippen molar-refractivity contribution in [3.05, 3.63) is 34.9 Å². The maximum Gasteiger partial charge on any atom is 0.416 e. The molecular weight excluding hydrogens is 245 g/mol. The third-order valence-electron chi connectivity index (χ3n) is 3.29. The Kier molecular flexibility index (Phi) is 3.09. The Labute approximate surface area is 102 Å². The quantitative estimate of drug-likeness (QED) is 0.899. The molecule has 98 valence electrons. The molecule has 0 heterocycles. The molecule has 1 aromatic carbocycles. The van der Waals surface area contributed by atoms with E-state index in [0.717, 1.165) is 18.9 Å². The molecule has 1 fully saturated rings. The van der Waals surface area contributed by atoms with Crippen molar-refractivity contribution in [1.82, 2.24) is 0 Å². The minimum Gasteiger partial charge on any atom is -0.481 e. The predicted molar refractivity (Wildman–Crippen MR) is 59.3 cm³/mol. The van der Waals surface area contributed by atoms with Crippen molar-refractivity contribution in [1.29, 1.82) is 0 Å². The van der Waals surface area contributed by atoms with Gasteiger partial charge in [0.25, 0.3) is 0 Å². The molecule has 0 amide bonds. The Balaban J connectivity index is 2.42. The summed E-state index contributed by atoms with van der Waals surface area (Å²) in [6.45, 7) is 1.37. The van der Waals surface area contributed by atoms with E-state index < -0.39 is 23.6 Å². The van der Waals surface area contributed by atoms with Gasteiger partial charge in [0.15, 0.2) is 0 Å². The normalized spacial score (nSPS) is 17.6. The number of carboxylic acid groups (broad SMARTS) is 1. The van der Waals surface area contributed by atoms with Crippen LogP contribution in [0.4, 0.5) is 13.2 Å². The van der Waals surface area contributed by atoms with Crippen LogP contribution in [0.5, 0.6) is 0 Å². The van der Waals surface area contributed by atoms with Gasteiger partial charge in [0.2, 0.25) is 0 Å². The molecule has 0 aromatic heterocycles. The Bertz CT molecular complexity index is 476. The van der Waals surface area contributed by atoms with Gasteiger partial charge >= 0.3 is 12.1 Å². The fourth-order valence-corrected chi connectivity index (χ4v) is 2.18. The Morgan fingerprint density at radius 3 is 2.44 bits per heavy atom. The summed E-state index contributed by atoms with van der Waals surface area (Å²) < 4.78 is 38.3. The second kappa shape index (κ2) is 4.30. The lowest BCUT2D eigenvalue weighted by atomic mass is 9.91. The van der Waals surface area contributed by atoms with Gasteiger partial charge in [-0.2, -0.15) is 13.2 Å². The molecule has 1 atom stereocenters. The highest BCUT2D eigenvalue weighted by atomic mass is 19.4. The monoisotopic (exact) mass is 258 g/mol. The SMILES string of the molecule is Cc1ccc(C(C(=O)O)C2CC2)cc1C(F)(F)F. The Hall–Kier alpha value is -1.52. The van der Waals surface area contributed by atoms with Crippen LogP contribution >= 0.6 is 0 Å². The minimum absolute atomic E-state index is 0.0220. The van der Waals surface area contributed by atoms with Gasteiger partial charge in [-0.15, -0.1) is 0 Å². The number of carbonyl (C=O) groups is 1. The van der Waals surface area contributed by atoms with Crippen LogP contribution in [-0.4, -0.2) is 11.1 Å². The zero-order chi connectivity index (χ0) is 13.5. The lowest BCUT2D eigenvalue weighted by Gasteiger charge is -2.16. The Morgan fingerprint density at radius 1 is 1.39 bits per heavy atom. The zero-order valence-electron chi connectivity index (χ0n) is 9.79. The molecule has 0 aliphatic heterocycles. The first-order valence-corrected chi connectivity index (χ1v) is 5.71. The van der Waals surface area contributed by atoms with Gasteiger partial charge in [-0.1, -0.05) is 12.1 Å². The first kappa shape index (κ1) is 12.9. The number of rotatable bonds is 3. The summed E-state index contributed by atoms with van der Waals surface area (Å²) in [6.07, 6.45) is -2.90. The molecule has 0 bridgehead atoms. The van der Waals surface area contributed by atoms with E-state index in [9.17, 15) is 18.0 Å².